The number of amides is 3. The van der Waals surface area contributed by atoms with Gasteiger partial charge in [0.25, 0.3) is 0 Å². The molecule has 0 aliphatic carbocycles. The van der Waals surface area contributed by atoms with Crippen LogP contribution in [0.25, 0.3) is 0 Å². The molecule has 0 saturated carbocycles. The van der Waals surface area contributed by atoms with E-state index in [2.05, 4.69) is 5.32 Å². The first-order valence-corrected chi connectivity index (χ1v) is 8.84. The highest BCUT2D eigenvalue weighted by Crippen LogP contribution is 2.35. The second kappa shape index (κ2) is 6.59. The van der Waals surface area contributed by atoms with Gasteiger partial charge in [-0.1, -0.05) is 0 Å². The van der Waals surface area contributed by atoms with Crippen molar-refractivity contribution >= 4 is 23.6 Å². The molecule has 3 aliphatic rings. The number of anilines is 1. The third-order valence-electron chi connectivity index (χ3n) is 5.36. The molecular weight excluding hydrogens is 341 g/mol. The molecule has 0 radical (unpaired) electrons. The average molecular weight is 361 g/mol. The molecule has 0 bridgehead atoms. The minimum atomic E-state index is -0.664. The van der Waals surface area contributed by atoms with Crippen LogP contribution in [-0.2, 0) is 14.3 Å². The smallest absolute Gasteiger partial charge is 0.410 e. The van der Waals surface area contributed by atoms with E-state index in [4.69, 9.17) is 4.74 Å². The summed E-state index contributed by atoms with van der Waals surface area (Å²) in [7, 11) is 0. The molecule has 1 atom stereocenters. The van der Waals surface area contributed by atoms with Gasteiger partial charge in [-0.3, -0.25) is 9.59 Å². The highest BCUT2D eigenvalue weighted by atomic mass is 19.1. The normalized spacial score (nSPS) is 23.5. The van der Waals surface area contributed by atoms with E-state index in [1.165, 1.54) is 18.2 Å². The van der Waals surface area contributed by atoms with Crippen LogP contribution in [0.1, 0.15) is 30.7 Å². The molecule has 0 aromatic heterocycles. The Labute approximate surface area is 150 Å². The highest BCUT2D eigenvalue weighted by molar-refractivity contribution is 6.01. The van der Waals surface area contributed by atoms with Crippen molar-refractivity contribution in [3.63, 3.8) is 0 Å². The number of halogens is 1. The largest absolute Gasteiger partial charge is 0.448 e. The Bertz CT molecular complexity index is 761. The van der Waals surface area contributed by atoms with E-state index >= 15 is 0 Å². The summed E-state index contributed by atoms with van der Waals surface area (Å²) < 4.78 is 18.6. The van der Waals surface area contributed by atoms with Crippen molar-refractivity contribution in [3.05, 3.63) is 29.6 Å². The Kier molecular flexibility index (Phi) is 4.26. The van der Waals surface area contributed by atoms with Crippen molar-refractivity contribution in [2.24, 2.45) is 0 Å². The monoisotopic (exact) mass is 361 g/mol. The Morgan fingerprint density at radius 2 is 1.96 bits per heavy atom. The number of ether oxygens (including phenoxy) is 1. The molecule has 1 aromatic carbocycles. The van der Waals surface area contributed by atoms with Gasteiger partial charge in [0.05, 0.1) is 12.5 Å². The Morgan fingerprint density at radius 1 is 1.19 bits per heavy atom. The van der Waals surface area contributed by atoms with Gasteiger partial charge in [0.2, 0.25) is 11.8 Å². The summed E-state index contributed by atoms with van der Waals surface area (Å²) in [5.41, 5.74) is 1.02. The molecule has 3 amide bonds. The van der Waals surface area contributed by atoms with E-state index in [9.17, 15) is 18.8 Å². The highest BCUT2D eigenvalue weighted by Gasteiger charge is 2.37. The maximum absolute atomic E-state index is 13.6. The van der Waals surface area contributed by atoms with Crippen molar-refractivity contribution in [3.8, 4) is 0 Å². The first-order valence-electron chi connectivity index (χ1n) is 8.84. The number of carbonyl (C=O) groups is 3. The molecule has 0 spiro atoms. The summed E-state index contributed by atoms with van der Waals surface area (Å²) in [4.78, 5) is 40.0. The number of piperidine rings is 1. The lowest BCUT2D eigenvalue weighted by molar-refractivity contribution is -0.136. The fraction of sp³-hybridized carbons (Fsp3) is 0.500. The molecule has 8 heteroatoms. The van der Waals surface area contributed by atoms with Gasteiger partial charge < -0.3 is 19.9 Å². The molecule has 0 unspecified atom stereocenters. The average Bonchev–Trinajstić information content (AvgIpc) is 3.07. The van der Waals surface area contributed by atoms with Gasteiger partial charge in [0.15, 0.2) is 0 Å². The number of nitrogens with one attached hydrogen (secondary N) is 1. The second-order valence-electron chi connectivity index (χ2n) is 6.90. The lowest BCUT2D eigenvalue weighted by atomic mass is 9.88. The lowest BCUT2D eigenvalue weighted by Gasteiger charge is -2.37. The molecule has 138 valence electrons. The summed E-state index contributed by atoms with van der Waals surface area (Å²) >= 11 is 0. The van der Waals surface area contributed by atoms with E-state index in [1.807, 2.05) is 0 Å². The second-order valence-corrected chi connectivity index (χ2v) is 6.90. The summed E-state index contributed by atoms with van der Waals surface area (Å²) in [6.07, 6.45) is 1.09. The number of cyclic esters (lactones) is 1. The summed E-state index contributed by atoms with van der Waals surface area (Å²) in [5, 5.41) is 2.69. The summed E-state index contributed by atoms with van der Waals surface area (Å²) in [5.74, 6) is -1.49. The van der Waals surface area contributed by atoms with Gasteiger partial charge in [-0.2, -0.15) is 0 Å². The van der Waals surface area contributed by atoms with Crippen LogP contribution >= 0.6 is 0 Å². The van der Waals surface area contributed by atoms with E-state index in [1.54, 1.807) is 9.80 Å². The predicted octanol–water partition coefficient (Wildman–Crippen LogP) is 1.69. The molecule has 7 nitrogen and oxygen atoms in total. The van der Waals surface area contributed by atoms with E-state index < -0.39 is 11.7 Å². The third-order valence-corrected chi connectivity index (χ3v) is 5.36. The van der Waals surface area contributed by atoms with Crippen LogP contribution < -0.4 is 5.32 Å². The van der Waals surface area contributed by atoms with Crippen molar-refractivity contribution in [2.75, 3.05) is 31.6 Å². The minimum absolute atomic E-state index is 0.0215. The number of fused-ring (bicyclic) bond motifs is 1. The fourth-order valence-corrected chi connectivity index (χ4v) is 4.01. The minimum Gasteiger partial charge on any atom is -0.448 e. The number of benzene rings is 1. The standard InChI is InChI=1S/C18H20FN3O4/c19-11-1-2-15-13(9-11)14(10-16(23)20-15)17(24)21-5-3-12(4-6-21)22-7-8-26-18(22)25/h1-2,9,12,14H,3-8,10H2,(H,20,23)/t14-/m0/s1. The molecule has 4 rings (SSSR count). The van der Waals surface area contributed by atoms with Crippen LogP contribution in [0.3, 0.4) is 0 Å². The van der Waals surface area contributed by atoms with Gasteiger partial charge in [0, 0.05) is 31.2 Å². The molecule has 2 fully saturated rings. The maximum atomic E-state index is 13.6. The van der Waals surface area contributed by atoms with Crippen LogP contribution in [0.5, 0.6) is 0 Å². The summed E-state index contributed by atoms with van der Waals surface area (Å²) in [6, 6.07) is 4.16. The quantitative estimate of drug-likeness (QED) is 0.870. The number of nitrogens with zero attached hydrogens (tertiary/aromatic N) is 2. The topological polar surface area (TPSA) is 79.0 Å². The van der Waals surface area contributed by atoms with Gasteiger partial charge in [0.1, 0.15) is 12.4 Å². The van der Waals surface area contributed by atoms with Crippen LogP contribution in [0, 0.1) is 5.82 Å². The Balaban J connectivity index is 1.46. The zero-order chi connectivity index (χ0) is 18.3. The first kappa shape index (κ1) is 16.8. The SMILES string of the molecule is O=C1C[C@H](C(=O)N2CCC(N3CCOC3=O)CC2)c2cc(F)ccc2N1. The molecule has 1 aromatic rings. The fourth-order valence-electron chi connectivity index (χ4n) is 4.01. The van der Waals surface area contributed by atoms with Crippen molar-refractivity contribution in [1.82, 2.24) is 9.80 Å². The van der Waals surface area contributed by atoms with Crippen LogP contribution in [0.15, 0.2) is 18.2 Å². The Morgan fingerprint density at radius 3 is 2.65 bits per heavy atom. The molecule has 3 heterocycles. The van der Waals surface area contributed by atoms with Gasteiger partial charge >= 0.3 is 6.09 Å². The number of hydrogen-bond donors (Lipinski definition) is 1. The van der Waals surface area contributed by atoms with Crippen LogP contribution in [-0.4, -0.2) is 60.0 Å². The Hall–Kier alpha value is -2.64. The van der Waals surface area contributed by atoms with E-state index in [0.717, 1.165) is 0 Å². The number of rotatable bonds is 2. The van der Waals surface area contributed by atoms with Crippen molar-refractivity contribution in [1.29, 1.82) is 0 Å². The maximum Gasteiger partial charge on any atom is 0.410 e. The third kappa shape index (κ3) is 3.00. The van der Waals surface area contributed by atoms with Crippen molar-refractivity contribution < 1.29 is 23.5 Å². The predicted molar refractivity (Wildman–Crippen MR) is 90.0 cm³/mol. The first-order chi connectivity index (χ1) is 12.5. The van der Waals surface area contributed by atoms with Crippen molar-refractivity contribution in [2.45, 2.75) is 31.2 Å². The zero-order valence-corrected chi connectivity index (χ0v) is 14.2. The van der Waals surface area contributed by atoms with Crippen LogP contribution in [0.2, 0.25) is 0 Å². The molecule has 3 aliphatic heterocycles. The van der Waals surface area contributed by atoms with Crippen LogP contribution in [0.4, 0.5) is 14.9 Å². The number of hydrogen-bond acceptors (Lipinski definition) is 4. The number of likely N-dealkylation sites (tertiary alicyclic amines) is 1. The number of carbonyl (C=O) groups excluding carboxylic acids is 3. The molecule has 26 heavy (non-hydrogen) atoms. The zero-order valence-electron chi connectivity index (χ0n) is 14.2. The van der Waals surface area contributed by atoms with Gasteiger partial charge in [-0.15, -0.1) is 0 Å². The lowest BCUT2D eigenvalue weighted by Crippen LogP contribution is -2.48. The van der Waals surface area contributed by atoms with E-state index in [0.29, 0.717) is 50.3 Å². The van der Waals surface area contributed by atoms with E-state index in [-0.39, 0.29) is 30.4 Å². The van der Waals surface area contributed by atoms with Gasteiger partial charge in [-0.25, -0.2) is 9.18 Å². The molecular formula is C18H20FN3O4. The molecule has 2 saturated heterocycles. The summed E-state index contributed by atoms with van der Waals surface area (Å²) in [6.45, 7) is 2.02. The molecule has 1 N–H and O–H groups in total. The van der Waals surface area contributed by atoms with Gasteiger partial charge in [-0.05, 0) is 36.6 Å².